The molecule has 3 heteroatoms. The highest BCUT2D eigenvalue weighted by atomic mass is 16.5. The van der Waals surface area contributed by atoms with Crippen molar-refractivity contribution in [1.29, 1.82) is 0 Å². The highest BCUT2D eigenvalue weighted by Crippen LogP contribution is 2.44. The summed E-state index contributed by atoms with van der Waals surface area (Å²) in [5.41, 5.74) is 6.54. The van der Waals surface area contributed by atoms with Crippen LogP contribution in [0.15, 0.2) is 66.7 Å². The lowest BCUT2D eigenvalue weighted by atomic mass is 9.90. The Morgan fingerprint density at radius 2 is 1.74 bits per heavy atom. The second-order valence-corrected chi connectivity index (χ2v) is 7.14. The minimum atomic E-state index is -0.294. The van der Waals surface area contributed by atoms with E-state index in [0.29, 0.717) is 6.54 Å². The molecule has 136 valence electrons. The molecule has 1 amide bonds. The van der Waals surface area contributed by atoms with E-state index in [1.54, 1.807) is 7.11 Å². The average Bonchev–Trinajstić information content (AvgIpc) is 2.94. The van der Waals surface area contributed by atoms with Crippen LogP contribution in [0.2, 0.25) is 0 Å². The molecule has 27 heavy (non-hydrogen) atoms. The number of amides is 1. The highest BCUT2D eigenvalue weighted by Gasteiger charge is 2.39. The number of anilines is 1. The van der Waals surface area contributed by atoms with Crippen molar-refractivity contribution in [2.75, 3.05) is 12.0 Å². The molecule has 0 aliphatic carbocycles. The summed E-state index contributed by atoms with van der Waals surface area (Å²) < 4.78 is 5.38. The van der Waals surface area contributed by atoms with Crippen LogP contribution in [0.25, 0.3) is 0 Å². The Hall–Kier alpha value is -3.07. The summed E-state index contributed by atoms with van der Waals surface area (Å²) in [4.78, 5) is 15.4. The maximum atomic E-state index is 13.5. The SMILES string of the molecule is COc1cccc(C2C(=O)N(Cc3ccccc3)c3c(C)cc(C)cc32)c1. The van der Waals surface area contributed by atoms with Crippen molar-refractivity contribution in [3.8, 4) is 5.75 Å². The molecule has 0 spiro atoms. The van der Waals surface area contributed by atoms with E-state index in [1.807, 2.05) is 47.4 Å². The predicted molar refractivity (Wildman–Crippen MR) is 108 cm³/mol. The number of aryl methyl sites for hydroxylation is 2. The molecule has 0 radical (unpaired) electrons. The van der Waals surface area contributed by atoms with Gasteiger partial charge in [-0.15, -0.1) is 0 Å². The summed E-state index contributed by atoms with van der Waals surface area (Å²) >= 11 is 0. The molecule has 3 aromatic carbocycles. The Balaban J connectivity index is 1.83. The van der Waals surface area contributed by atoms with Crippen molar-refractivity contribution in [2.45, 2.75) is 26.3 Å². The van der Waals surface area contributed by atoms with Crippen LogP contribution in [0.3, 0.4) is 0 Å². The molecule has 3 nitrogen and oxygen atoms in total. The molecular formula is C24H23NO2. The van der Waals surface area contributed by atoms with Crippen molar-refractivity contribution in [2.24, 2.45) is 0 Å². The number of ether oxygens (including phenoxy) is 1. The molecule has 1 heterocycles. The number of benzene rings is 3. The van der Waals surface area contributed by atoms with Gasteiger partial charge in [-0.1, -0.05) is 60.2 Å². The standard InChI is InChI=1S/C24H23NO2/c1-16-12-17(2)23-21(13-16)22(19-10-7-11-20(14-19)27-3)24(26)25(23)15-18-8-5-4-6-9-18/h4-14,22H,15H2,1-3H3. The molecule has 0 bridgehead atoms. The summed E-state index contributed by atoms with van der Waals surface area (Å²) in [6, 6.07) is 22.3. The van der Waals surface area contributed by atoms with Gasteiger partial charge in [0.1, 0.15) is 5.75 Å². The second-order valence-electron chi connectivity index (χ2n) is 7.14. The number of rotatable bonds is 4. The van der Waals surface area contributed by atoms with Crippen molar-refractivity contribution in [3.05, 3.63) is 94.5 Å². The first-order valence-corrected chi connectivity index (χ1v) is 9.19. The summed E-state index contributed by atoms with van der Waals surface area (Å²) in [5.74, 6) is 0.598. The fourth-order valence-electron chi connectivity index (χ4n) is 4.05. The lowest BCUT2D eigenvalue weighted by molar-refractivity contribution is -0.118. The maximum absolute atomic E-state index is 13.5. The number of carbonyl (C=O) groups excluding carboxylic acids is 1. The minimum Gasteiger partial charge on any atom is -0.497 e. The largest absolute Gasteiger partial charge is 0.497 e. The van der Waals surface area contributed by atoms with E-state index in [0.717, 1.165) is 33.7 Å². The summed E-state index contributed by atoms with van der Waals surface area (Å²) in [5, 5.41) is 0. The van der Waals surface area contributed by atoms with Gasteiger partial charge in [0, 0.05) is 0 Å². The van der Waals surface area contributed by atoms with Gasteiger partial charge in [0.05, 0.1) is 25.3 Å². The lowest BCUT2D eigenvalue weighted by Crippen LogP contribution is -2.29. The van der Waals surface area contributed by atoms with Crippen LogP contribution in [-0.4, -0.2) is 13.0 Å². The predicted octanol–water partition coefficient (Wildman–Crippen LogP) is 4.99. The number of hydrogen-bond donors (Lipinski definition) is 0. The maximum Gasteiger partial charge on any atom is 0.239 e. The van der Waals surface area contributed by atoms with E-state index in [-0.39, 0.29) is 11.8 Å². The zero-order valence-electron chi connectivity index (χ0n) is 15.9. The Morgan fingerprint density at radius 3 is 2.48 bits per heavy atom. The molecular weight excluding hydrogens is 334 g/mol. The molecule has 0 aromatic heterocycles. The first-order valence-electron chi connectivity index (χ1n) is 9.19. The van der Waals surface area contributed by atoms with E-state index in [9.17, 15) is 4.79 Å². The van der Waals surface area contributed by atoms with E-state index < -0.39 is 0 Å². The van der Waals surface area contributed by atoms with Gasteiger partial charge >= 0.3 is 0 Å². The van der Waals surface area contributed by atoms with Crippen LogP contribution >= 0.6 is 0 Å². The van der Waals surface area contributed by atoms with Gasteiger partial charge in [0.2, 0.25) is 5.91 Å². The summed E-state index contributed by atoms with van der Waals surface area (Å²) in [7, 11) is 1.65. The van der Waals surface area contributed by atoms with Crippen LogP contribution in [0.1, 0.15) is 33.7 Å². The second kappa shape index (κ2) is 6.92. The van der Waals surface area contributed by atoms with Crippen molar-refractivity contribution >= 4 is 11.6 Å². The van der Waals surface area contributed by atoms with Gasteiger partial charge in [0.15, 0.2) is 0 Å². The molecule has 0 saturated carbocycles. The molecule has 0 fully saturated rings. The third-order valence-electron chi connectivity index (χ3n) is 5.18. The molecule has 1 atom stereocenters. The van der Waals surface area contributed by atoms with Crippen LogP contribution in [0.4, 0.5) is 5.69 Å². The van der Waals surface area contributed by atoms with Crippen molar-refractivity contribution in [1.82, 2.24) is 0 Å². The summed E-state index contributed by atoms with van der Waals surface area (Å²) in [6.45, 7) is 4.75. The molecule has 0 saturated heterocycles. The third kappa shape index (κ3) is 3.10. The molecule has 1 aliphatic heterocycles. The highest BCUT2D eigenvalue weighted by molar-refractivity contribution is 6.07. The normalized spacial score (nSPS) is 15.7. The van der Waals surface area contributed by atoms with Crippen molar-refractivity contribution < 1.29 is 9.53 Å². The van der Waals surface area contributed by atoms with Crippen LogP contribution in [0.5, 0.6) is 5.75 Å². The summed E-state index contributed by atoms with van der Waals surface area (Å²) in [6.07, 6.45) is 0. The van der Waals surface area contributed by atoms with Gasteiger partial charge in [-0.25, -0.2) is 0 Å². The third-order valence-corrected chi connectivity index (χ3v) is 5.18. The topological polar surface area (TPSA) is 29.5 Å². The van der Waals surface area contributed by atoms with Gasteiger partial charge in [0.25, 0.3) is 0 Å². The zero-order valence-corrected chi connectivity index (χ0v) is 15.9. The van der Waals surface area contributed by atoms with Crippen LogP contribution in [0, 0.1) is 13.8 Å². The Morgan fingerprint density at radius 1 is 0.963 bits per heavy atom. The quantitative estimate of drug-likeness (QED) is 0.658. The van der Waals surface area contributed by atoms with Gasteiger partial charge in [-0.2, -0.15) is 0 Å². The number of hydrogen-bond acceptors (Lipinski definition) is 2. The number of fused-ring (bicyclic) bond motifs is 1. The van der Waals surface area contributed by atoms with Gasteiger partial charge in [-0.3, -0.25) is 4.79 Å². The molecule has 3 aromatic rings. The van der Waals surface area contributed by atoms with E-state index >= 15 is 0 Å². The molecule has 1 aliphatic rings. The Bertz CT molecular complexity index is 995. The first-order chi connectivity index (χ1) is 13.1. The lowest BCUT2D eigenvalue weighted by Gasteiger charge is -2.20. The number of carbonyl (C=O) groups is 1. The minimum absolute atomic E-state index is 0.121. The first kappa shape index (κ1) is 17.3. The fraction of sp³-hybridized carbons (Fsp3) is 0.208. The van der Waals surface area contributed by atoms with Crippen LogP contribution < -0.4 is 9.64 Å². The van der Waals surface area contributed by atoms with Crippen molar-refractivity contribution in [3.63, 3.8) is 0 Å². The number of methoxy groups -OCH3 is 1. The Labute approximate surface area is 160 Å². The Kier molecular flexibility index (Phi) is 4.44. The van der Waals surface area contributed by atoms with E-state index in [4.69, 9.17) is 4.74 Å². The van der Waals surface area contributed by atoms with E-state index in [2.05, 4.69) is 38.1 Å². The molecule has 0 N–H and O–H groups in total. The molecule has 4 rings (SSSR count). The van der Waals surface area contributed by atoms with E-state index in [1.165, 1.54) is 5.56 Å². The molecule has 1 unspecified atom stereocenters. The van der Waals surface area contributed by atoms with Crippen LogP contribution in [-0.2, 0) is 11.3 Å². The van der Waals surface area contributed by atoms with Gasteiger partial charge < -0.3 is 9.64 Å². The average molecular weight is 357 g/mol. The smallest absolute Gasteiger partial charge is 0.239 e. The van der Waals surface area contributed by atoms with Gasteiger partial charge in [-0.05, 0) is 48.2 Å². The fourth-order valence-corrected chi connectivity index (χ4v) is 4.05. The monoisotopic (exact) mass is 357 g/mol. The zero-order chi connectivity index (χ0) is 19.0. The number of nitrogens with zero attached hydrogens (tertiary/aromatic N) is 1.